The van der Waals surface area contributed by atoms with Crippen molar-refractivity contribution >= 4 is 0 Å². The number of unbranched alkanes of at least 4 members (excludes halogenated alkanes) is 6. The van der Waals surface area contributed by atoms with Gasteiger partial charge in [0.25, 0.3) is 0 Å². The summed E-state index contributed by atoms with van der Waals surface area (Å²) in [4.78, 5) is 0. The highest BCUT2D eigenvalue weighted by molar-refractivity contribution is 4.99. The molecule has 0 heterocycles. The molecule has 0 aromatic carbocycles. The Morgan fingerprint density at radius 3 is 1.78 bits per heavy atom. The highest BCUT2D eigenvalue weighted by Crippen LogP contribution is 2.21. The molecule has 2 unspecified atom stereocenters. The molecule has 0 saturated carbocycles. The van der Waals surface area contributed by atoms with Gasteiger partial charge in [-0.3, -0.25) is 0 Å². The van der Waals surface area contributed by atoms with Crippen molar-refractivity contribution < 1.29 is 0 Å². The van der Waals surface area contributed by atoms with Crippen molar-refractivity contribution in [1.29, 1.82) is 0 Å². The summed E-state index contributed by atoms with van der Waals surface area (Å²) < 4.78 is 0. The Morgan fingerprint density at radius 2 is 1.22 bits per heavy atom. The minimum Gasteiger partial charge on any atom is -0.103 e. The van der Waals surface area contributed by atoms with Crippen LogP contribution in [-0.2, 0) is 0 Å². The van der Waals surface area contributed by atoms with Crippen LogP contribution in [0.2, 0.25) is 0 Å². The first kappa shape index (κ1) is 22.6. The van der Waals surface area contributed by atoms with Gasteiger partial charge in [-0.1, -0.05) is 98.3 Å². The average Bonchev–Trinajstić information content (AvgIpc) is 2.57. The lowest BCUT2D eigenvalue weighted by Crippen LogP contribution is -1.99. The molecule has 0 nitrogen and oxygen atoms in total. The molecular weight excluding hydrogens is 276 g/mol. The van der Waals surface area contributed by atoms with Gasteiger partial charge in [-0.05, 0) is 24.7 Å². The van der Waals surface area contributed by atoms with Crippen LogP contribution in [0.4, 0.5) is 0 Å². The molecule has 0 spiro atoms. The third kappa shape index (κ3) is 14.9. The molecule has 0 amide bonds. The molecule has 23 heavy (non-hydrogen) atoms. The summed E-state index contributed by atoms with van der Waals surface area (Å²) in [7, 11) is 0. The van der Waals surface area contributed by atoms with Crippen LogP contribution in [0.15, 0.2) is 0 Å². The third-order valence-electron chi connectivity index (χ3n) is 5.25. The van der Waals surface area contributed by atoms with Gasteiger partial charge in [0.15, 0.2) is 0 Å². The molecule has 0 aliphatic carbocycles. The van der Waals surface area contributed by atoms with E-state index in [-0.39, 0.29) is 0 Å². The maximum atomic E-state index is 3.42. The molecule has 0 heteroatoms. The van der Waals surface area contributed by atoms with Gasteiger partial charge in [0.2, 0.25) is 0 Å². The summed E-state index contributed by atoms with van der Waals surface area (Å²) in [5.74, 6) is 8.65. The van der Waals surface area contributed by atoms with E-state index in [4.69, 9.17) is 0 Å². The van der Waals surface area contributed by atoms with Crippen molar-refractivity contribution in [1.82, 2.24) is 0 Å². The van der Waals surface area contributed by atoms with Crippen molar-refractivity contribution in [2.75, 3.05) is 0 Å². The minimum atomic E-state index is 0.838. The predicted octanol–water partition coefficient (Wildman–Crippen LogP) is 8.15. The van der Waals surface area contributed by atoms with E-state index in [1.165, 1.54) is 83.5 Å². The third-order valence-corrected chi connectivity index (χ3v) is 5.25. The van der Waals surface area contributed by atoms with Crippen LogP contribution in [-0.4, -0.2) is 0 Å². The van der Waals surface area contributed by atoms with Gasteiger partial charge in [0.1, 0.15) is 0 Å². The van der Waals surface area contributed by atoms with Gasteiger partial charge in [0, 0.05) is 12.8 Å². The van der Waals surface area contributed by atoms with E-state index in [1.807, 2.05) is 0 Å². The van der Waals surface area contributed by atoms with Gasteiger partial charge in [0.05, 0.1) is 0 Å². The van der Waals surface area contributed by atoms with Crippen molar-refractivity contribution in [2.24, 2.45) is 11.8 Å². The van der Waals surface area contributed by atoms with Crippen LogP contribution < -0.4 is 0 Å². The molecule has 0 aromatic rings. The molecule has 0 radical (unpaired) electrons. The van der Waals surface area contributed by atoms with E-state index in [0.717, 1.165) is 24.7 Å². The summed E-state index contributed by atoms with van der Waals surface area (Å²) in [6, 6.07) is 0. The van der Waals surface area contributed by atoms with Crippen LogP contribution in [0.1, 0.15) is 124 Å². The fraction of sp³-hybridized carbons (Fsp3) is 0.913. The van der Waals surface area contributed by atoms with Crippen molar-refractivity contribution in [3.63, 3.8) is 0 Å². The molecular formula is C23H44. The molecule has 0 aromatic heterocycles. The zero-order chi connectivity index (χ0) is 17.2. The van der Waals surface area contributed by atoms with Gasteiger partial charge in [-0.15, -0.1) is 11.8 Å². The zero-order valence-corrected chi connectivity index (χ0v) is 16.8. The van der Waals surface area contributed by atoms with Gasteiger partial charge >= 0.3 is 0 Å². The molecule has 0 fully saturated rings. The fourth-order valence-electron chi connectivity index (χ4n) is 3.40. The standard InChI is InChI=1S/C23H44/c1-5-9-10-15-20-23(8-4)21-17-14-12-11-13-16-19-22(7-3)18-6-2/h22-23H,5-12,14-15,17-21H2,1-4H3. The van der Waals surface area contributed by atoms with Crippen molar-refractivity contribution in [2.45, 2.75) is 124 Å². The first-order valence-electron chi connectivity index (χ1n) is 10.7. The van der Waals surface area contributed by atoms with Crippen molar-refractivity contribution in [3.8, 4) is 11.8 Å². The number of hydrogen-bond donors (Lipinski definition) is 0. The van der Waals surface area contributed by atoms with E-state index < -0.39 is 0 Å². The lowest BCUT2D eigenvalue weighted by atomic mass is 9.92. The van der Waals surface area contributed by atoms with Crippen LogP contribution in [0.5, 0.6) is 0 Å². The first-order valence-corrected chi connectivity index (χ1v) is 10.7. The van der Waals surface area contributed by atoms with E-state index >= 15 is 0 Å². The SMILES string of the molecule is CCCCCCC(CC)CCCCCC#CCC(CC)CCC. The minimum absolute atomic E-state index is 0.838. The number of hydrogen-bond acceptors (Lipinski definition) is 0. The highest BCUT2D eigenvalue weighted by atomic mass is 14.1. The largest absolute Gasteiger partial charge is 0.103 e. The molecule has 2 atom stereocenters. The Morgan fingerprint density at radius 1 is 0.565 bits per heavy atom. The van der Waals surface area contributed by atoms with Gasteiger partial charge in [-0.2, -0.15) is 0 Å². The Kier molecular flexibility index (Phi) is 17.6. The summed E-state index contributed by atoms with van der Waals surface area (Å²) in [5.41, 5.74) is 0. The van der Waals surface area contributed by atoms with Crippen LogP contribution in [0.3, 0.4) is 0 Å². The Labute approximate surface area is 148 Å². The second-order valence-corrected chi connectivity index (χ2v) is 7.34. The monoisotopic (exact) mass is 320 g/mol. The van der Waals surface area contributed by atoms with Crippen molar-refractivity contribution in [3.05, 3.63) is 0 Å². The molecule has 0 saturated heterocycles. The normalized spacial score (nSPS) is 13.4. The Bertz CT molecular complexity index is 280. The second-order valence-electron chi connectivity index (χ2n) is 7.34. The summed E-state index contributed by atoms with van der Waals surface area (Å²) >= 11 is 0. The first-order chi connectivity index (χ1) is 11.3. The van der Waals surface area contributed by atoms with Crippen LogP contribution in [0, 0.1) is 23.7 Å². The Hall–Kier alpha value is -0.440. The van der Waals surface area contributed by atoms with E-state index in [0.29, 0.717) is 0 Å². The summed E-state index contributed by atoms with van der Waals surface area (Å²) in [5, 5.41) is 0. The molecule has 0 N–H and O–H groups in total. The summed E-state index contributed by atoms with van der Waals surface area (Å²) in [6.45, 7) is 9.25. The van der Waals surface area contributed by atoms with Crippen LogP contribution in [0.25, 0.3) is 0 Å². The predicted molar refractivity (Wildman–Crippen MR) is 107 cm³/mol. The van der Waals surface area contributed by atoms with E-state index in [9.17, 15) is 0 Å². The smallest absolute Gasteiger partial charge is 0.0117 e. The molecule has 0 aliphatic rings. The zero-order valence-electron chi connectivity index (χ0n) is 16.8. The number of rotatable bonds is 15. The van der Waals surface area contributed by atoms with E-state index in [2.05, 4.69) is 39.5 Å². The molecule has 136 valence electrons. The van der Waals surface area contributed by atoms with Crippen LogP contribution >= 0.6 is 0 Å². The molecule has 0 rings (SSSR count). The fourth-order valence-corrected chi connectivity index (χ4v) is 3.40. The average molecular weight is 321 g/mol. The van der Waals surface area contributed by atoms with E-state index in [1.54, 1.807) is 0 Å². The molecule has 0 aliphatic heterocycles. The van der Waals surface area contributed by atoms with Gasteiger partial charge in [-0.25, -0.2) is 0 Å². The maximum absolute atomic E-state index is 3.42. The van der Waals surface area contributed by atoms with Gasteiger partial charge < -0.3 is 0 Å². The topological polar surface area (TPSA) is 0 Å². The quantitative estimate of drug-likeness (QED) is 0.211. The summed E-state index contributed by atoms with van der Waals surface area (Å²) in [6.07, 6.45) is 20.3. The molecule has 0 bridgehead atoms. The lowest BCUT2D eigenvalue weighted by molar-refractivity contribution is 0.396. The second kappa shape index (κ2) is 17.9. The highest BCUT2D eigenvalue weighted by Gasteiger charge is 2.05. The Balaban J connectivity index is 3.56. The maximum Gasteiger partial charge on any atom is 0.0117 e. The lowest BCUT2D eigenvalue weighted by Gasteiger charge is -2.14.